The van der Waals surface area contributed by atoms with Crippen molar-refractivity contribution in [3.63, 3.8) is 0 Å². The number of ether oxygens (including phenoxy) is 1. The molecule has 5 heteroatoms. The van der Waals surface area contributed by atoms with Gasteiger partial charge in [-0.1, -0.05) is 17.3 Å². The molecule has 1 aromatic heterocycles. The molecule has 94 valence electrons. The largest absolute Gasteiger partial charge is 0.465 e. The van der Waals surface area contributed by atoms with Gasteiger partial charge in [0.2, 0.25) is 0 Å². The fourth-order valence-corrected chi connectivity index (χ4v) is 1.54. The van der Waals surface area contributed by atoms with Gasteiger partial charge in [-0.3, -0.25) is 0 Å². The zero-order chi connectivity index (χ0) is 12.8. The van der Waals surface area contributed by atoms with Crippen LogP contribution in [0.15, 0.2) is 41.1 Å². The van der Waals surface area contributed by atoms with Crippen LogP contribution >= 0.6 is 0 Å². The summed E-state index contributed by atoms with van der Waals surface area (Å²) < 4.78 is 9.60. The quantitative estimate of drug-likeness (QED) is 0.814. The van der Waals surface area contributed by atoms with Crippen LogP contribution in [0.25, 0.3) is 0 Å². The Morgan fingerprint density at radius 3 is 2.67 bits per heavy atom. The van der Waals surface area contributed by atoms with Gasteiger partial charge < -0.3 is 14.6 Å². The maximum atomic E-state index is 11.2. The van der Waals surface area contributed by atoms with Crippen molar-refractivity contribution in [1.29, 1.82) is 0 Å². The summed E-state index contributed by atoms with van der Waals surface area (Å²) in [5.41, 5.74) is 1.64. The lowest BCUT2D eigenvalue weighted by molar-refractivity contribution is 0.0600. The molecule has 0 unspecified atom stereocenters. The summed E-state index contributed by atoms with van der Waals surface area (Å²) in [7, 11) is 1.37. The second-order valence-corrected chi connectivity index (χ2v) is 3.77. The summed E-state index contributed by atoms with van der Waals surface area (Å²) in [6, 6.07) is 9.08. The van der Waals surface area contributed by atoms with Crippen molar-refractivity contribution in [3.05, 3.63) is 53.4 Å². The Balaban J connectivity index is 1.85. The number of hydrogen-bond donors (Lipinski definition) is 1. The number of benzene rings is 1. The summed E-state index contributed by atoms with van der Waals surface area (Å²) in [5.74, 6) is 0.470. The number of esters is 1. The highest BCUT2D eigenvalue weighted by Gasteiger charge is 2.04. The number of carbonyl (C=O) groups excluding carboxylic acids is 1. The van der Waals surface area contributed by atoms with Gasteiger partial charge in [-0.15, -0.1) is 0 Å². The average molecular weight is 246 g/mol. The minimum atomic E-state index is -0.323. The number of rotatable bonds is 5. The zero-order valence-electron chi connectivity index (χ0n) is 10.1. The molecule has 2 rings (SSSR count). The summed E-state index contributed by atoms with van der Waals surface area (Å²) in [6.07, 6.45) is 1.61. The molecule has 1 N–H and O–H groups in total. The number of nitrogens with one attached hydrogen (secondary N) is 1. The summed E-state index contributed by atoms with van der Waals surface area (Å²) >= 11 is 0. The number of nitrogens with zero attached hydrogens (tertiary/aromatic N) is 1. The van der Waals surface area contributed by atoms with Gasteiger partial charge in [0.05, 0.1) is 25.4 Å². The molecule has 0 atom stereocenters. The van der Waals surface area contributed by atoms with Crippen molar-refractivity contribution in [1.82, 2.24) is 10.5 Å². The van der Waals surface area contributed by atoms with E-state index in [9.17, 15) is 4.79 Å². The Labute approximate surface area is 105 Å². The van der Waals surface area contributed by atoms with Crippen LogP contribution in [0.5, 0.6) is 0 Å². The lowest BCUT2D eigenvalue weighted by atomic mass is 10.1. The molecule has 0 aliphatic rings. The van der Waals surface area contributed by atoms with E-state index in [2.05, 4.69) is 15.2 Å². The third kappa shape index (κ3) is 3.18. The smallest absolute Gasteiger partial charge is 0.337 e. The average Bonchev–Trinajstić information content (AvgIpc) is 2.92. The molecule has 0 spiro atoms. The fraction of sp³-hybridized carbons (Fsp3) is 0.231. The molecule has 0 amide bonds. The van der Waals surface area contributed by atoms with Gasteiger partial charge in [0.25, 0.3) is 0 Å². The summed E-state index contributed by atoms with van der Waals surface area (Å²) in [4.78, 5) is 11.2. The second-order valence-electron chi connectivity index (χ2n) is 3.77. The normalized spacial score (nSPS) is 10.3. The Bertz CT molecular complexity index is 491. The molecule has 1 heterocycles. The van der Waals surface area contributed by atoms with Gasteiger partial charge >= 0.3 is 5.97 Å². The van der Waals surface area contributed by atoms with Gasteiger partial charge in [0, 0.05) is 12.6 Å². The third-order valence-electron chi connectivity index (χ3n) is 2.49. The monoisotopic (exact) mass is 246 g/mol. The summed E-state index contributed by atoms with van der Waals surface area (Å²) in [5, 5.41) is 6.84. The molecule has 5 nitrogen and oxygen atoms in total. The predicted octanol–water partition coefficient (Wildman–Crippen LogP) is 1.75. The molecule has 0 bridgehead atoms. The SMILES string of the molecule is COC(=O)c1ccc(CNCc2ccno2)cc1. The Hall–Kier alpha value is -2.14. The van der Waals surface area contributed by atoms with Crippen molar-refractivity contribution in [2.75, 3.05) is 7.11 Å². The molecule has 2 aromatic rings. The van der Waals surface area contributed by atoms with Crippen LogP contribution in [0.4, 0.5) is 0 Å². The first-order valence-electron chi connectivity index (χ1n) is 5.57. The van der Waals surface area contributed by atoms with Gasteiger partial charge in [0.1, 0.15) is 5.76 Å². The van der Waals surface area contributed by atoms with E-state index in [0.717, 1.165) is 11.3 Å². The lowest BCUT2D eigenvalue weighted by Gasteiger charge is -2.04. The minimum Gasteiger partial charge on any atom is -0.465 e. The molecule has 0 aliphatic heterocycles. The Morgan fingerprint density at radius 2 is 2.06 bits per heavy atom. The highest BCUT2D eigenvalue weighted by atomic mass is 16.5. The first kappa shape index (κ1) is 12.3. The van der Waals surface area contributed by atoms with Crippen LogP contribution in [-0.4, -0.2) is 18.2 Å². The number of methoxy groups -OCH3 is 1. The van der Waals surface area contributed by atoms with E-state index >= 15 is 0 Å². The van der Waals surface area contributed by atoms with Gasteiger partial charge in [0.15, 0.2) is 0 Å². The zero-order valence-corrected chi connectivity index (χ0v) is 10.1. The highest BCUT2D eigenvalue weighted by molar-refractivity contribution is 5.89. The van der Waals surface area contributed by atoms with Crippen LogP contribution in [0, 0.1) is 0 Å². The van der Waals surface area contributed by atoms with E-state index in [-0.39, 0.29) is 5.97 Å². The molecule has 0 aliphatic carbocycles. The van der Waals surface area contributed by atoms with Crippen molar-refractivity contribution in [3.8, 4) is 0 Å². The minimum absolute atomic E-state index is 0.323. The molecule has 0 fully saturated rings. The van der Waals surface area contributed by atoms with E-state index in [0.29, 0.717) is 18.7 Å². The topological polar surface area (TPSA) is 64.4 Å². The molecule has 0 saturated heterocycles. The Kier molecular flexibility index (Phi) is 4.09. The van der Waals surface area contributed by atoms with E-state index in [1.165, 1.54) is 7.11 Å². The number of carbonyl (C=O) groups is 1. The van der Waals surface area contributed by atoms with Crippen molar-refractivity contribution in [2.24, 2.45) is 0 Å². The van der Waals surface area contributed by atoms with E-state index in [4.69, 9.17) is 4.52 Å². The van der Waals surface area contributed by atoms with E-state index in [1.807, 2.05) is 18.2 Å². The first-order chi connectivity index (χ1) is 8.79. The van der Waals surface area contributed by atoms with Crippen LogP contribution in [0.2, 0.25) is 0 Å². The Morgan fingerprint density at radius 1 is 1.28 bits per heavy atom. The molecule has 18 heavy (non-hydrogen) atoms. The van der Waals surface area contributed by atoms with E-state index in [1.54, 1.807) is 18.3 Å². The first-order valence-corrected chi connectivity index (χ1v) is 5.57. The predicted molar refractivity (Wildman–Crippen MR) is 64.8 cm³/mol. The second kappa shape index (κ2) is 5.97. The lowest BCUT2D eigenvalue weighted by Crippen LogP contribution is -2.12. The number of aromatic nitrogens is 1. The van der Waals surface area contributed by atoms with E-state index < -0.39 is 0 Å². The van der Waals surface area contributed by atoms with Gasteiger partial charge in [-0.2, -0.15) is 0 Å². The summed E-state index contributed by atoms with van der Waals surface area (Å²) in [6.45, 7) is 1.32. The molecule has 0 saturated carbocycles. The third-order valence-corrected chi connectivity index (χ3v) is 2.49. The van der Waals surface area contributed by atoms with Crippen LogP contribution in [0.3, 0.4) is 0 Å². The maximum Gasteiger partial charge on any atom is 0.337 e. The molecule has 1 aromatic carbocycles. The van der Waals surface area contributed by atoms with Crippen molar-refractivity contribution >= 4 is 5.97 Å². The standard InChI is InChI=1S/C13H14N2O3/c1-17-13(16)11-4-2-10(3-5-11)8-14-9-12-6-7-15-18-12/h2-7,14H,8-9H2,1H3. The molecular formula is C13H14N2O3. The molecule has 0 radical (unpaired) electrons. The maximum absolute atomic E-state index is 11.2. The van der Waals surface area contributed by atoms with Gasteiger partial charge in [-0.25, -0.2) is 4.79 Å². The van der Waals surface area contributed by atoms with Crippen LogP contribution in [-0.2, 0) is 17.8 Å². The highest BCUT2D eigenvalue weighted by Crippen LogP contribution is 2.06. The van der Waals surface area contributed by atoms with Crippen molar-refractivity contribution < 1.29 is 14.1 Å². The van der Waals surface area contributed by atoms with Crippen molar-refractivity contribution in [2.45, 2.75) is 13.1 Å². The molecular weight excluding hydrogens is 232 g/mol. The number of hydrogen-bond acceptors (Lipinski definition) is 5. The van der Waals surface area contributed by atoms with Crippen LogP contribution < -0.4 is 5.32 Å². The van der Waals surface area contributed by atoms with Gasteiger partial charge in [-0.05, 0) is 17.7 Å². The van der Waals surface area contributed by atoms with Crippen LogP contribution in [0.1, 0.15) is 21.7 Å². The fourth-order valence-electron chi connectivity index (χ4n) is 1.54.